The molecule has 2 heterocycles. The molecule has 0 saturated carbocycles. The van der Waals surface area contributed by atoms with Crippen LogP contribution >= 0.6 is 11.3 Å². The van der Waals surface area contributed by atoms with Crippen LogP contribution < -0.4 is 0 Å². The van der Waals surface area contributed by atoms with Gasteiger partial charge in [-0.25, -0.2) is 0 Å². The Balaban J connectivity index is 1.36. The topological polar surface area (TPSA) is 54.3 Å². The minimum Gasteiger partial charge on any atom is -0.392 e. The quantitative estimate of drug-likeness (QED) is 0.0639. The third-order valence-electron chi connectivity index (χ3n) is 8.84. The molecule has 3 aromatic rings. The zero-order chi connectivity index (χ0) is 34.4. The summed E-state index contributed by atoms with van der Waals surface area (Å²) < 4.78 is 86.5. The largest absolute Gasteiger partial charge is 0.416 e. The number of allylic oxidation sites excluding steroid dienone is 1. The molecule has 48 heavy (non-hydrogen) atoms. The lowest BCUT2D eigenvalue weighted by Gasteiger charge is -2.39. The average molecular weight is 693 g/mol. The van der Waals surface area contributed by atoms with Gasteiger partial charge < -0.3 is 19.6 Å². The average Bonchev–Trinajstić information content (AvgIpc) is 3.49. The maximum absolute atomic E-state index is 13.5. The van der Waals surface area contributed by atoms with Crippen LogP contribution in [0.1, 0.15) is 69.9 Å². The van der Waals surface area contributed by atoms with Gasteiger partial charge in [0.05, 0.1) is 35.7 Å². The number of halogens is 6. The fourth-order valence-corrected chi connectivity index (χ4v) is 7.36. The number of alkyl halides is 6. The molecule has 5 nitrogen and oxygen atoms in total. The molecule has 1 aliphatic heterocycles. The van der Waals surface area contributed by atoms with Crippen molar-refractivity contribution in [2.24, 2.45) is 5.16 Å². The van der Waals surface area contributed by atoms with Gasteiger partial charge in [0.15, 0.2) is 0 Å². The Hall–Kier alpha value is -3.45. The van der Waals surface area contributed by atoms with Crippen molar-refractivity contribution in [1.29, 1.82) is 0 Å². The van der Waals surface area contributed by atoms with Crippen LogP contribution in [0.4, 0.5) is 26.3 Å². The minimum atomic E-state index is -4.95. The van der Waals surface area contributed by atoms with Gasteiger partial charge in [0, 0.05) is 23.9 Å². The van der Waals surface area contributed by atoms with Crippen molar-refractivity contribution in [3.05, 3.63) is 111 Å². The van der Waals surface area contributed by atoms with E-state index in [0.717, 1.165) is 28.8 Å². The van der Waals surface area contributed by atoms with E-state index in [9.17, 15) is 31.4 Å². The molecule has 0 radical (unpaired) electrons. The highest BCUT2D eigenvalue weighted by Gasteiger charge is 2.37. The highest BCUT2D eigenvalue weighted by atomic mass is 32.1. The fraction of sp³-hybridized carbons (Fsp3) is 0.417. The van der Waals surface area contributed by atoms with Gasteiger partial charge in [-0.3, -0.25) is 0 Å². The number of ether oxygens (including phenoxy) is 1. The molecule has 12 heteroatoms. The monoisotopic (exact) mass is 692 g/mol. The summed E-state index contributed by atoms with van der Waals surface area (Å²) in [4.78, 5) is 8.93. The summed E-state index contributed by atoms with van der Waals surface area (Å²) in [6.07, 6.45) is -0.709. The van der Waals surface area contributed by atoms with E-state index in [2.05, 4.69) is 34.2 Å². The zero-order valence-electron chi connectivity index (χ0n) is 26.3. The van der Waals surface area contributed by atoms with Crippen LogP contribution in [0.3, 0.4) is 0 Å². The van der Waals surface area contributed by atoms with Crippen LogP contribution in [0.15, 0.2) is 77.8 Å². The van der Waals surface area contributed by atoms with Crippen molar-refractivity contribution in [3.63, 3.8) is 0 Å². The molecule has 0 bridgehead atoms. The van der Waals surface area contributed by atoms with Gasteiger partial charge in [-0.15, -0.1) is 11.3 Å². The van der Waals surface area contributed by atoms with Crippen LogP contribution in [0.2, 0.25) is 0 Å². The van der Waals surface area contributed by atoms with Crippen LogP contribution in [0, 0.1) is 0 Å². The number of benzene rings is 2. The van der Waals surface area contributed by atoms with Crippen LogP contribution in [-0.4, -0.2) is 48.6 Å². The molecular formula is C36H38F6N2O3S. The lowest BCUT2D eigenvalue weighted by Crippen LogP contribution is -2.43. The molecule has 1 aromatic heterocycles. The molecule has 258 valence electrons. The second-order valence-electron chi connectivity index (χ2n) is 12.1. The highest BCUT2D eigenvalue weighted by Crippen LogP contribution is 2.39. The normalized spacial score (nSPS) is 17.6. The van der Waals surface area contributed by atoms with Gasteiger partial charge in [-0.1, -0.05) is 54.2 Å². The molecule has 2 aromatic carbocycles. The highest BCUT2D eigenvalue weighted by molar-refractivity contribution is 7.11. The lowest BCUT2D eigenvalue weighted by atomic mass is 9.83. The maximum atomic E-state index is 13.5. The summed E-state index contributed by atoms with van der Waals surface area (Å²) in [5, 5.41) is 17.8. The lowest BCUT2D eigenvalue weighted by molar-refractivity contribution is -0.143. The van der Waals surface area contributed by atoms with E-state index in [-0.39, 0.29) is 30.8 Å². The maximum Gasteiger partial charge on any atom is 0.416 e. The first-order valence-electron chi connectivity index (χ1n) is 15.8. The van der Waals surface area contributed by atoms with Crippen molar-refractivity contribution in [2.45, 2.75) is 62.6 Å². The molecule has 1 N–H and O–H groups in total. The van der Waals surface area contributed by atoms with Gasteiger partial charge in [-0.05, 0) is 90.6 Å². The summed E-state index contributed by atoms with van der Waals surface area (Å²) in [6.45, 7) is 5.12. The number of thiophene rings is 1. The fourth-order valence-electron chi connectivity index (χ4n) is 6.27. The first-order valence-corrected chi connectivity index (χ1v) is 16.7. The number of nitrogens with zero attached hydrogens (tertiary/aromatic N) is 2. The van der Waals surface area contributed by atoms with Crippen molar-refractivity contribution in [2.75, 3.05) is 32.8 Å². The van der Waals surface area contributed by atoms with Crippen molar-refractivity contribution < 1.29 is 41.0 Å². The second kappa shape index (κ2) is 15.4. The van der Waals surface area contributed by atoms with Crippen LogP contribution in [-0.2, 0) is 40.6 Å². The molecule has 0 spiro atoms. The predicted octanol–water partition coefficient (Wildman–Crippen LogP) is 8.98. The number of rotatable bonds is 13. The van der Waals surface area contributed by atoms with E-state index < -0.39 is 35.7 Å². The number of likely N-dealkylation sites (tertiary alicyclic amines) is 1. The Kier molecular flexibility index (Phi) is 11.5. The van der Waals surface area contributed by atoms with Crippen molar-refractivity contribution in [3.8, 4) is 0 Å². The Morgan fingerprint density at radius 2 is 1.73 bits per heavy atom. The molecule has 1 fully saturated rings. The summed E-state index contributed by atoms with van der Waals surface area (Å²) >= 11 is 1.61. The Labute approximate surface area is 280 Å². The van der Waals surface area contributed by atoms with E-state index in [1.54, 1.807) is 11.3 Å². The van der Waals surface area contributed by atoms with Crippen molar-refractivity contribution >= 4 is 23.1 Å². The van der Waals surface area contributed by atoms with Gasteiger partial charge >= 0.3 is 12.4 Å². The summed E-state index contributed by atoms with van der Waals surface area (Å²) in [5.41, 5.74) is -0.315. The molecule has 1 aliphatic carbocycles. The SMILES string of the molecule is C=CCO/N=C(\COCc1cc(C(F)(F)F)cc(C(F)(F)F)c1)C(CCN1CCC(O)(c2ccccc2)CC1)c1csc2c1CCC=C2. The summed E-state index contributed by atoms with van der Waals surface area (Å²) in [7, 11) is 0. The summed E-state index contributed by atoms with van der Waals surface area (Å²) in [5.74, 6) is -0.288. The smallest absolute Gasteiger partial charge is 0.392 e. The first-order chi connectivity index (χ1) is 22.9. The van der Waals surface area contributed by atoms with Gasteiger partial charge in [0.25, 0.3) is 0 Å². The molecule has 2 aliphatic rings. The molecule has 5 rings (SSSR count). The number of piperidine rings is 1. The van der Waals surface area contributed by atoms with E-state index in [1.807, 2.05) is 30.3 Å². The summed E-state index contributed by atoms with van der Waals surface area (Å²) in [6, 6.07) is 11.1. The standard InChI is InChI=1S/C36H38F6N2O3S/c1-2-18-47-43-32(23-46-22-25-19-27(35(37,38)39)21-28(20-25)36(40,41)42)29(31-24-48-33-11-7-6-10-30(31)33)12-15-44-16-13-34(45,14-17-44)26-8-4-3-5-9-26/h2-5,7-9,11,19-21,24,29,45H,1,6,10,12-18,22-23H2/b43-32+. The minimum absolute atomic E-state index is 0.102. The number of fused-ring (bicyclic) bond motifs is 1. The van der Waals surface area contributed by atoms with Gasteiger partial charge in [0.1, 0.15) is 6.61 Å². The molecule has 1 unspecified atom stereocenters. The van der Waals surface area contributed by atoms with E-state index in [0.29, 0.717) is 56.7 Å². The van der Waals surface area contributed by atoms with E-state index >= 15 is 0 Å². The third kappa shape index (κ3) is 8.96. The molecule has 0 amide bonds. The number of oxime groups is 1. The molecular weight excluding hydrogens is 654 g/mol. The Morgan fingerprint density at radius 1 is 1.04 bits per heavy atom. The second-order valence-corrected chi connectivity index (χ2v) is 13.0. The predicted molar refractivity (Wildman–Crippen MR) is 175 cm³/mol. The van der Waals surface area contributed by atoms with Crippen LogP contribution in [0.25, 0.3) is 6.08 Å². The molecule has 1 saturated heterocycles. The van der Waals surface area contributed by atoms with Crippen LogP contribution in [0.5, 0.6) is 0 Å². The van der Waals surface area contributed by atoms with Gasteiger partial charge in [0.2, 0.25) is 0 Å². The Morgan fingerprint density at radius 3 is 2.38 bits per heavy atom. The third-order valence-corrected chi connectivity index (χ3v) is 9.84. The number of hydrogen-bond acceptors (Lipinski definition) is 6. The van der Waals surface area contributed by atoms with E-state index in [1.165, 1.54) is 11.6 Å². The Bertz CT molecular complexity index is 1560. The molecule has 1 atom stereocenters. The van der Waals surface area contributed by atoms with E-state index in [4.69, 9.17) is 9.57 Å². The first kappa shape index (κ1) is 35.8. The zero-order valence-corrected chi connectivity index (χ0v) is 27.1. The number of aliphatic hydroxyl groups is 1. The number of hydrogen-bond donors (Lipinski definition) is 1. The van der Waals surface area contributed by atoms with Crippen molar-refractivity contribution in [1.82, 2.24) is 4.90 Å². The van der Waals surface area contributed by atoms with Gasteiger partial charge in [-0.2, -0.15) is 26.3 Å².